The van der Waals surface area contributed by atoms with Gasteiger partial charge >= 0.3 is 5.97 Å². The van der Waals surface area contributed by atoms with Crippen LogP contribution < -0.4 is 4.90 Å². The number of non-ortho nitro benzene ring substituents is 1. The van der Waals surface area contributed by atoms with Crippen LogP contribution in [0.1, 0.15) is 17.4 Å². The summed E-state index contributed by atoms with van der Waals surface area (Å²) in [5, 5.41) is 11.0. The maximum atomic E-state index is 13.0. The molecule has 2 aromatic carbocycles. The minimum atomic E-state index is -3.92. The zero-order valence-electron chi connectivity index (χ0n) is 17.7. The number of fused-ring (bicyclic) bond motifs is 1. The van der Waals surface area contributed by atoms with Crippen LogP contribution >= 0.6 is 0 Å². The van der Waals surface area contributed by atoms with E-state index >= 15 is 0 Å². The van der Waals surface area contributed by atoms with Gasteiger partial charge < -0.3 is 9.64 Å². The molecule has 4 rings (SSSR count). The van der Waals surface area contributed by atoms with E-state index in [4.69, 9.17) is 4.74 Å². The highest BCUT2D eigenvalue weighted by molar-refractivity contribution is 7.89. The van der Waals surface area contributed by atoms with Gasteiger partial charge in [-0.3, -0.25) is 10.1 Å². The first-order valence-corrected chi connectivity index (χ1v) is 11.7. The highest BCUT2D eigenvalue weighted by Gasteiger charge is 2.32. The van der Waals surface area contributed by atoms with E-state index in [2.05, 4.69) is 9.97 Å². The third-order valence-electron chi connectivity index (χ3n) is 5.23. The van der Waals surface area contributed by atoms with Gasteiger partial charge in [-0.05, 0) is 25.1 Å². The monoisotopic (exact) mass is 471 g/mol. The van der Waals surface area contributed by atoms with E-state index in [1.807, 2.05) is 6.07 Å². The zero-order valence-corrected chi connectivity index (χ0v) is 18.6. The number of para-hydroxylation sites is 2. The average molecular weight is 471 g/mol. The first kappa shape index (κ1) is 22.6. The quantitative estimate of drug-likeness (QED) is 0.301. The predicted molar refractivity (Wildman–Crippen MR) is 120 cm³/mol. The van der Waals surface area contributed by atoms with E-state index in [1.54, 1.807) is 30.0 Å². The molecule has 0 atom stereocenters. The molecule has 12 heteroatoms. The molecule has 0 radical (unpaired) electrons. The number of anilines is 1. The molecule has 0 bridgehead atoms. The number of aromatic nitrogens is 2. The third kappa shape index (κ3) is 4.47. The van der Waals surface area contributed by atoms with Gasteiger partial charge in [0.15, 0.2) is 11.5 Å². The van der Waals surface area contributed by atoms with Gasteiger partial charge in [-0.15, -0.1) is 0 Å². The van der Waals surface area contributed by atoms with E-state index in [-0.39, 0.29) is 49.1 Å². The number of nitro groups is 1. The van der Waals surface area contributed by atoms with E-state index in [0.29, 0.717) is 16.9 Å². The third-order valence-corrected chi connectivity index (χ3v) is 7.12. The standard InChI is InChI=1S/C21H21N5O6S/c1-2-32-21(27)19-20(23-18-9-4-3-8-17(18)22-19)24-10-12-25(13-11-24)33(30,31)16-7-5-6-15(14-16)26(28)29/h3-9,14H,2,10-13H2,1H3. The fourth-order valence-corrected chi connectivity index (χ4v) is 5.06. The zero-order chi connectivity index (χ0) is 23.6. The molecule has 0 N–H and O–H groups in total. The van der Waals surface area contributed by atoms with Crippen molar-refractivity contribution in [2.24, 2.45) is 0 Å². The van der Waals surface area contributed by atoms with Gasteiger partial charge in [-0.25, -0.2) is 23.2 Å². The van der Waals surface area contributed by atoms with Crippen molar-refractivity contribution >= 4 is 38.5 Å². The molecule has 0 spiro atoms. The number of esters is 1. The molecular weight excluding hydrogens is 450 g/mol. The fourth-order valence-electron chi connectivity index (χ4n) is 3.59. The van der Waals surface area contributed by atoms with Crippen LogP contribution in [0, 0.1) is 10.1 Å². The SMILES string of the molecule is CCOC(=O)c1nc2ccccc2nc1N1CCN(S(=O)(=O)c2cccc([N+](=O)[O-])c2)CC1. The van der Waals surface area contributed by atoms with E-state index in [0.717, 1.165) is 6.07 Å². The van der Waals surface area contributed by atoms with Gasteiger partial charge in [-0.2, -0.15) is 4.31 Å². The molecule has 0 amide bonds. The van der Waals surface area contributed by atoms with Crippen molar-refractivity contribution in [1.82, 2.24) is 14.3 Å². The highest BCUT2D eigenvalue weighted by Crippen LogP contribution is 2.26. The number of nitrogens with zero attached hydrogens (tertiary/aromatic N) is 5. The molecule has 0 unspecified atom stereocenters. The van der Waals surface area contributed by atoms with Crippen molar-refractivity contribution in [3.8, 4) is 0 Å². The summed E-state index contributed by atoms with van der Waals surface area (Å²) in [4.78, 5) is 33.6. The molecular formula is C21H21N5O6S. The maximum Gasteiger partial charge on any atom is 0.360 e. The van der Waals surface area contributed by atoms with Gasteiger partial charge in [0.25, 0.3) is 5.69 Å². The largest absolute Gasteiger partial charge is 0.461 e. The van der Waals surface area contributed by atoms with Gasteiger partial charge in [0.2, 0.25) is 10.0 Å². The van der Waals surface area contributed by atoms with Crippen LogP contribution in [0.15, 0.2) is 53.4 Å². The first-order valence-electron chi connectivity index (χ1n) is 10.2. The summed E-state index contributed by atoms with van der Waals surface area (Å²) >= 11 is 0. The Morgan fingerprint density at radius 1 is 1.06 bits per heavy atom. The molecule has 1 fully saturated rings. The Kier molecular flexibility index (Phi) is 6.20. The smallest absolute Gasteiger partial charge is 0.360 e. The minimum Gasteiger partial charge on any atom is -0.461 e. The van der Waals surface area contributed by atoms with Gasteiger partial charge in [0.1, 0.15) is 0 Å². The van der Waals surface area contributed by atoms with E-state index < -0.39 is 20.9 Å². The Balaban J connectivity index is 1.60. The molecule has 1 saturated heterocycles. The molecule has 0 saturated carbocycles. The fraction of sp³-hybridized carbons (Fsp3) is 0.286. The number of sulfonamides is 1. The molecule has 1 aliphatic rings. The lowest BCUT2D eigenvalue weighted by molar-refractivity contribution is -0.385. The average Bonchev–Trinajstić information content (AvgIpc) is 2.83. The van der Waals surface area contributed by atoms with Crippen LogP contribution in [-0.2, 0) is 14.8 Å². The summed E-state index contributed by atoms with van der Waals surface area (Å²) in [6, 6.07) is 12.1. The van der Waals surface area contributed by atoms with Gasteiger partial charge in [-0.1, -0.05) is 18.2 Å². The van der Waals surface area contributed by atoms with Crippen LogP contribution in [0.2, 0.25) is 0 Å². The molecule has 33 heavy (non-hydrogen) atoms. The van der Waals surface area contributed by atoms with Gasteiger partial charge in [0, 0.05) is 38.3 Å². The molecule has 3 aromatic rings. The minimum absolute atomic E-state index is 0.0746. The van der Waals surface area contributed by atoms with Crippen molar-refractivity contribution in [3.05, 3.63) is 64.3 Å². The molecule has 1 aliphatic heterocycles. The predicted octanol–water partition coefficient (Wildman–Crippen LogP) is 2.23. The van der Waals surface area contributed by atoms with E-state index in [1.165, 1.54) is 22.5 Å². The number of nitro benzene ring substituents is 1. The van der Waals surface area contributed by atoms with Crippen LogP contribution in [0.4, 0.5) is 11.5 Å². The number of hydrogen-bond donors (Lipinski definition) is 0. The second-order valence-electron chi connectivity index (χ2n) is 7.25. The summed E-state index contributed by atoms with van der Waals surface area (Å²) < 4.78 is 32.5. The topological polar surface area (TPSA) is 136 Å². The van der Waals surface area contributed by atoms with Crippen LogP contribution in [0.3, 0.4) is 0 Å². The molecule has 1 aromatic heterocycles. The molecule has 0 aliphatic carbocycles. The first-order chi connectivity index (χ1) is 15.8. The maximum absolute atomic E-state index is 13.0. The normalized spacial score (nSPS) is 14.9. The lowest BCUT2D eigenvalue weighted by Gasteiger charge is -2.35. The second-order valence-corrected chi connectivity index (χ2v) is 9.19. The van der Waals surface area contributed by atoms with Crippen molar-refractivity contribution in [2.45, 2.75) is 11.8 Å². The number of hydrogen-bond acceptors (Lipinski definition) is 9. The Morgan fingerprint density at radius 3 is 2.36 bits per heavy atom. The van der Waals surface area contributed by atoms with Crippen LogP contribution in [0.25, 0.3) is 11.0 Å². The van der Waals surface area contributed by atoms with Crippen molar-refractivity contribution < 1.29 is 22.9 Å². The number of piperazine rings is 1. The van der Waals surface area contributed by atoms with Gasteiger partial charge in [0.05, 0.1) is 27.5 Å². The summed E-state index contributed by atoms with van der Waals surface area (Å²) in [6.45, 7) is 2.62. The number of benzene rings is 2. The number of carbonyl (C=O) groups is 1. The molecule has 172 valence electrons. The Morgan fingerprint density at radius 2 is 1.73 bits per heavy atom. The van der Waals surface area contributed by atoms with Crippen LogP contribution in [0.5, 0.6) is 0 Å². The summed E-state index contributed by atoms with van der Waals surface area (Å²) in [7, 11) is -3.92. The van der Waals surface area contributed by atoms with Crippen molar-refractivity contribution in [3.63, 3.8) is 0 Å². The summed E-state index contributed by atoms with van der Waals surface area (Å²) in [6.07, 6.45) is 0. The number of rotatable bonds is 6. The lowest BCUT2D eigenvalue weighted by atomic mass is 10.2. The van der Waals surface area contributed by atoms with Crippen molar-refractivity contribution in [1.29, 1.82) is 0 Å². The summed E-state index contributed by atoms with van der Waals surface area (Å²) in [5.41, 5.74) is 0.939. The van der Waals surface area contributed by atoms with Crippen molar-refractivity contribution in [2.75, 3.05) is 37.7 Å². The Hall–Kier alpha value is -3.64. The lowest BCUT2D eigenvalue weighted by Crippen LogP contribution is -2.49. The highest BCUT2D eigenvalue weighted by atomic mass is 32.2. The molecule has 11 nitrogen and oxygen atoms in total. The number of ether oxygens (including phenoxy) is 1. The summed E-state index contributed by atoms with van der Waals surface area (Å²) in [5.74, 6) is -0.267. The van der Waals surface area contributed by atoms with Crippen LogP contribution in [-0.4, -0.2) is 66.4 Å². The second kappa shape index (κ2) is 9.08. The molecule has 2 heterocycles. The number of carbonyl (C=O) groups excluding carboxylic acids is 1. The van der Waals surface area contributed by atoms with E-state index in [9.17, 15) is 23.3 Å². The Labute approximate surface area is 189 Å². The Bertz CT molecular complexity index is 1320.